The molecule has 27 heavy (non-hydrogen) atoms. The quantitative estimate of drug-likeness (QED) is 0.513. The van der Waals surface area contributed by atoms with E-state index in [1.54, 1.807) is 32.2 Å². The zero-order valence-corrected chi connectivity index (χ0v) is 16.2. The Morgan fingerprint density at radius 2 is 1.93 bits per heavy atom. The lowest BCUT2D eigenvalue weighted by Gasteiger charge is -2.18. The van der Waals surface area contributed by atoms with Crippen LogP contribution in [-0.2, 0) is 16.6 Å². The highest BCUT2D eigenvalue weighted by molar-refractivity contribution is 7.89. The van der Waals surface area contributed by atoms with Crippen LogP contribution in [0.3, 0.4) is 0 Å². The number of sulfonamides is 1. The highest BCUT2D eigenvalue weighted by Gasteiger charge is 2.25. The van der Waals surface area contributed by atoms with Gasteiger partial charge in [0.05, 0.1) is 16.9 Å². The number of ether oxygens (including phenoxy) is 1. The van der Waals surface area contributed by atoms with Crippen LogP contribution in [0.5, 0.6) is 5.88 Å². The number of hydrogen-bond acceptors (Lipinski definition) is 7. The minimum atomic E-state index is -3.77. The van der Waals surface area contributed by atoms with E-state index in [1.807, 2.05) is 0 Å². The van der Waals surface area contributed by atoms with Crippen molar-refractivity contribution in [1.82, 2.24) is 9.29 Å². The van der Waals surface area contributed by atoms with E-state index in [2.05, 4.69) is 10.3 Å². The molecule has 0 saturated carbocycles. The van der Waals surface area contributed by atoms with Gasteiger partial charge < -0.3 is 10.1 Å². The van der Waals surface area contributed by atoms with Crippen molar-refractivity contribution in [3.8, 4) is 5.88 Å². The van der Waals surface area contributed by atoms with Crippen molar-refractivity contribution >= 4 is 21.4 Å². The average molecular weight is 394 g/mol. The topological polar surface area (TPSA) is 115 Å². The zero-order valence-electron chi connectivity index (χ0n) is 15.4. The highest BCUT2D eigenvalue weighted by atomic mass is 32.2. The maximum atomic E-state index is 12.6. The van der Waals surface area contributed by atoms with Gasteiger partial charge in [0, 0.05) is 38.0 Å². The number of nitro benzene ring substituents is 1. The minimum Gasteiger partial charge on any atom is -0.481 e. The summed E-state index contributed by atoms with van der Waals surface area (Å²) in [6.07, 6.45) is 1.57. The van der Waals surface area contributed by atoms with Crippen LogP contribution in [0.1, 0.15) is 19.4 Å². The third-order valence-electron chi connectivity index (χ3n) is 4.00. The van der Waals surface area contributed by atoms with Crippen molar-refractivity contribution in [3.05, 3.63) is 52.2 Å². The molecule has 0 aliphatic heterocycles. The third-order valence-corrected chi connectivity index (χ3v) is 6.05. The predicted octanol–water partition coefficient (Wildman–Crippen LogP) is 2.64. The fraction of sp³-hybridized carbons (Fsp3) is 0.353. The molecule has 0 spiro atoms. The van der Waals surface area contributed by atoms with Crippen LogP contribution < -0.4 is 10.1 Å². The lowest BCUT2D eigenvalue weighted by molar-refractivity contribution is -0.384. The molecule has 1 aromatic carbocycles. The summed E-state index contributed by atoms with van der Waals surface area (Å²) in [6, 6.07) is 7.32. The second kappa shape index (κ2) is 8.78. The van der Waals surface area contributed by atoms with Gasteiger partial charge in [0.1, 0.15) is 5.69 Å². The standard InChI is InChI=1S/C17H22N4O5S/c1-4-20(5-2)27(24,25)14-6-7-15(16(11-14)21(22)23)19-12-13-8-9-18-17(10-13)26-3/h6-11,19H,4-5,12H2,1-3H3. The summed E-state index contributed by atoms with van der Waals surface area (Å²) in [6.45, 7) is 4.30. The van der Waals surface area contributed by atoms with Crippen molar-refractivity contribution in [2.75, 3.05) is 25.5 Å². The molecule has 0 amide bonds. The van der Waals surface area contributed by atoms with E-state index in [1.165, 1.54) is 23.5 Å². The molecule has 1 N–H and O–H groups in total. The fourth-order valence-electron chi connectivity index (χ4n) is 2.55. The molecule has 1 heterocycles. The Balaban J connectivity index is 2.31. The molecule has 2 rings (SSSR count). The molecular weight excluding hydrogens is 372 g/mol. The lowest BCUT2D eigenvalue weighted by Crippen LogP contribution is -2.30. The molecular formula is C17H22N4O5S. The second-order valence-electron chi connectivity index (χ2n) is 5.59. The first kappa shape index (κ1) is 20.6. The summed E-state index contributed by atoms with van der Waals surface area (Å²) >= 11 is 0. The fourth-order valence-corrected chi connectivity index (χ4v) is 4.03. The third kappa shape index (κ3) is 4.72. The summed E-state index contributed by atoms with van der Waals surface area (Å²) in [5.74, 6) is 0.435. The first-order valence-corrected chi connectivity index (χ1v) is 9.78. The number of anilines is 1. The Morgan fingerprint density at radius 3 is 2.52 bits per heavy atom. The molecule has 0 fully saturated rings. The van der Waals surface area contributed by atoms with Gasteiger partial charge in [-0.1, -0.05) is 13.8 Å². The van der Waals surface area contributed by atoms with Crippen LogP contribution in [0.15, 0.2) is 41.4 Å². The molecule has 0 radical (unpaired) electrons. The number of methoxy groups -OCH3 is 1. The van der Waals surface area contributed by atoms with E-state index < -0.39 is 14.9 Å². The molecule has 2 aromatic rings. The molecule has 0 aliphatic rings. The van der Waals surface area contributed by atoms with Crippen molar-refractivity contribution in [1.29, 1.82) is 0 Å². The van der Waals surface area contributed by atoms with Gasteiger partial charge in [-0.15, -0.1) is 0 Å². The number of aromatic nitrogens is 1. The molecule has 0 unspecified atom stereocenters. The van der Waals surface area contributed by atoms with Crippen LogP contribution in [0.4, 0.5) is 11.4 Å². The molecule has 10 heteroatoms. The summed E-state index contributed by atoms with van der Waals surface area (Å²) in [5.41, 5.74) is 0.745. The Kier molecular flexibility index (Phi) is 6.70. The maximum absolute atomic E-state index is 12.6. The Morgan fingerprint density at radius 1 is 1.22 bits per heavy atom. The van der Waals surface area contributed by atoms with Gasteiger partial charge in [-0.25, -0.2) is 13.4 Å². The molecule has 0 atom stereocenters. The number of rotatable bonds is 9. The van der Waals surface area contributed by atoms with Crippen molar-refractivity contribution in [2.45, 2.75) is 25.3 Å². The van der Waals surface area contributed by atoms with E-state index in [0.29, 0.717) is 12.4 Å². The molecule has 0 saturated heterocycles. The monoisotopic (exact) mass is 394 g/mol. The van der Waals surface area contributed by atoms with Gasteiger partial charge in [0.15, 0.2) is 0 Å². The molecule has 0 aliphatic carbocycles. The summed E-state index contributed by atoms with van der Waals surface area (Å²) < 4.78 is 31.5. The van der Waals surface area contributed by atoms with E-state index in [-0.39, 0.29) is 29.4 Å². The number of nitro groups is 1. The van der Waals surface area contributed by atoms with Crippen molar-refractivity contribution in [2.24, 2.45) is 0 Å². The smallest absolute Gasteiger partial charge is 0.293 e. The summed E-state index contributed by atoms with van der Waals surface area (Å²) in [7, 11) is -2.27. The zero-order chi connectivity index (χ0) is 20.0. The van der Waals surface area contributed by atoms with Crippen LogP contribution >= 0.6 is 0 Å². The number of benzene rings is 1. The first-order valence-electron chi connectivity index (χ1n) is 8.34. The molecule has 1 aromatic heterocycles. The normalized spacial score (nSPS) is 11.4. The first-order chi connectivity index (χ1) is 12.8. The molecule has 9 nitrogen and oxygen atoms in total. The Labute approximate surface area is 158 Å². The summed E-state index contributed by atoms with van der Waals surface area (Å²) in [5, 5.41) is 14.4. The predicted molar refractivity (Wildman–Crippen MR) is 101 cm³/mol. The van der Waals surface area contributed by atoms with Gasteiger partial charge in [0.2, 0.25) is 15.9 Å². The molecule has 146 valence electrons. The number of pyridine rings is 1. The van der Waals surface area contributed by atoms with E-state index in [0.717, 1.165) is 11.6 Å². The van der Waals surface area contributed by atoms with Crippen LogP contribution in [0.25, 0.3) is 0 Å². The van der Waals surface area contributed by atoms with Gasteiger partial charge in [-0.3, -0.25) is 10.1 Å². The molecule has 0 bridgehead atoms. The van der Waals surface area contributed by atoms with Crippen molar-refractivity contribution < 1.29 is 18.1 Å². The number of hydrogen-bond donors (Lipinski definition) is 1. The Bertz CT molecular complexity index is 913. The summed E-state index contributed by atoms with van der Waals surface area (Å²) in [4.78, 5) is 14.7. The SMILES string of the molecule is CCN(CC)S(=O)(=O)c1ccc(NCc2ccnc(OC)c2)c([N+](=O)[O-])c1. The van der Waals surface area contributed by atoms with Crippen LogP contribution in [0.2, 0.25) is 0 Å². The van der Waals surface area contributed by atoms with Crippen LogP contribution in [-0.4, -0.2) is 42.8 Å². The van der Waals surface area contributed by atoms with E-state index in [4.69, 9.17) is 4.74 Å². The highest BCUT2D eigenvalue weighted by Crippen LogP contribution is 2.29. The Hall–Kier alpha value is -2.72. The van der Waals surface area contributed by atoms with Gasteiger partial charge in [0.25, 0.3) is 5.69 Å². The second-order valence-corrected chi connectivity index (χ2v) is 7.52. The largest absolute Gasteiger partial charge is 0.481 e. The van der Waals surface area contributed by atoms with E-state index in [9.17, 15) is 18.5 Å². The minimum absolute atomic E-state index is 0.103. The lowest BCUT2D eigenvalue weighted by atomic mass is 10.2. The van der Waals surface area contributed by atoms with Gasteiger partial charge in [-0.2, -0.15) is 4.31 Å². The maximum Gasteiger partial charge on any atom is 0.293 e. The van der Waals surface area contributed by atoms with Gasteiger partial charge in [-0.05, 0) is 23.8 Å². The average Bonchev–Trinajstić information content (AvgIpc) is 2.67. The number of nitrogens with zero attached hydrogens (tertiary/aromatic N) is 3. The van der Waals surface area contributed by atoms with Crippen LogP contribution in [0, 0.1) is 10.1 Å². The number of nitrogens with one attached hydrogen (secondary N) is 1. The van der Waals surface area contributed by atoms with E-state index >= 15 is 0 Å². The van der Waals surface area contributed by atoms with Crippen molar-refractivity contribution in [3.63, 3.8) is 0 Å². The van der Waals surface area contributed by atoms with Gasteiger partial charge >= 0.3 is 0 Å².